The van der Waals surface area contributed by atoms with E-state index in [2.05, 4.69) is 0 Å². The molecule has 0 amide bonds. The van der Waals surface area contributed by atoms with E-state index in [1.165, 1.54) is 0 Å². The second kappa shape index (κ2) is 2.70. The van der Waals surface area contributed by atoms with Crippen LogP contribution in [-0.2, 0) is 10.8 Å². The number of ether oxygens (including phenoxy) is 1. The number of ketones is 1. The van der Waals surface area contributed by atoms with Crippen molar-refractivity contribution < 1.29 is 13.7 Å². The molecular formula is C11H10O3S. The normalized spacial score (nSPS) is 22.3. The Balaban J connectivity index is 2.11. The molecule has 1 atom stereocenters. The van der Waals surface area contributed by atoms with Crippen LogP contribution in [0.3, 0.4) is 0 Å². The molecule has 3 nitrogen and oxygen atoms in total. The average Bonchev–Trinajstić information content (AvgIpc) is 2.92. The van der Waals surface area contributed by atoms with Crippen molar-refractivity contribution in [1.82, 2.24) is 0 Å². The summed E-state index contributed by atoms with van der Waals surface area (Å²) in [6.45, 7) is 0. The number of hydrogen-bond donors (Lipinski definition) is 0. The largest absolute Gasteiger partial charge is 0.478 e. The summed E-state index contributed by atoms with van der Waals surface area (Å²) in [7, 11) is -1.05. The van der Waals surface area contributed by atoms with Crippen LogP contribution in [0.5, 0.6) is 5.75 Å². The Kier molecular flexibility index (Phi) is 1.63. The van der Waals surface area contributed by atoms with Gasteiger partial charge >= 0.3 is 0 Å². The number of carbonyl (C=O) groups excluding carboxylic acids is 1. The molecule has 78 valence electrons. The zero-order chi connectivity index (χ0) is 10.6. The molecule has 1 aromatic carbocycles. The predicted molar refractivity (Wildman–Crippen MR) is 55.7 cm³/mol. The number of rotatable bonds is 1. The van der Waals surface area contributed by atoms with E-state index in [-0.39, 0.29) is 5.78 Å². The third-order valence-electron chi connectivity index (χ3n) is 2.95. The lowest BCUT2D eigenvalue weighted by molar-refractivity contribution is 0.0820. The second-order valence-corrected chi connectivity index (χ2v) is 5.42. The molecule has 0 N–H and O–H groups in total. The summed E-state index contributed by atoms with van der Waals surface area (Å²) in [5.74, 6) is 0.705. The van der Waals surface area contributed by atoms with Crippen LogP contribution in [0.1, 0.15) is 23.2 Å². The molecule has 0 aromatic heterocycles. The summed E-state index contributed by atoms with van der Waals surface area (Å²) in [5, 5.41) is 0. The lowest BCUT2D eigenvalue weighted by Crippen LogP contribution is -2.21. The SMILES string of the molecule is CS(=O)c1ccc2c(c1)C(=O)C1(CC1)O2. The molecule has 15 heavy (non-hydrogen) atoms. The van der Waals surface area contributed by atoms with E-state index >= 15 is 0 Å². The minimum absolute atomic E-state index is 0.0600. The second-order valence-electron chi connectivity index (χ2n) is 4.04. The van der Waals surface area contributed by atoms with Crippen molar-refractivity contribution in [3.05, 3.63) is 23.8 Å². The molecule has 0 saturated heterocycles. The summed E-state index contributed by atoms with van der Waals surface area (Å²) in [6, 6.07) is 5.20. The highest BCUT2D eigenvalue weighted by Crippen LogP contribution is 2.49. The van der Waals surface area contributed by atoms with Gasteiger partial charge in [0, 0.05) is 22.0 Å². The monoisotopic (exact) mass is 222 g/mol. The number of hydrogen-bond acceptors (Lipinski definition) is 3. The third-order valence-corrected chi connectivity index (χ3v) is 3.87. The standard InChI is InChI=1S/C11H10O3S/c1-15(13)7-2-3-9-8(6-7)10(12)11(14-9)4-5-11/h2-3,6H,4-5H2,1H3. The van der Waals surface area contributed by atoms with Crippen LogP contribution < -0.4 is 4.74 Å². The van der Waals surface area contributed by atoms with Crippen molar-refractivity contribution in [1.29, 1.82) is 0 Å². The van der Waals surface area contributed by atoms with Crippen LogP contribution in [0, 0.1) is 0 Å². The van der Waals surface area contributed by atoms with E-state index in [1.54, 1.807) is 24.5 Å². The van der Waals surface area contributed by atoms with Gasteiger partial charge in [-0.05, 0) is 31.0 Å². The van der Waals surface area contributed by atoms with Gasteiger partial charge in [-0.3, -0.25) is 9.00 Å². The highest BCUT2D eigenvalue weighted by molar-refractivity contribution is 7.84. The molecule has 1 aromatic rings. The summed E-state index contributed by atoms with van der Waals surface area (Å²) in [5.41, 5.74) is 0.0520. The fourth-order valence-electron chi connectivity index (χ4n) is 1.90. The minimum Gasteiger partial charge on any atom is -0.478 e. The molecule has 1 spiro atoms. The lowest BCUT2D eigenvalue weighted by atomic mass is 10.1. The van der Waals surface area contributed by atoms with Gasteiger partial charge < -0.3 is 4.74 Å². The summed E-state index contributed by atoms with van der Waals surface area (Å²) in [6.07, 6.45) is 3.23. The van der Waals surface area contributed by atoms with Gasteiger partial charge in [-0.15, -0.1) is 0 Å². The van der Waals surface area contributed by atoms with Crippen molar-refractivity contribution >= 4 is 16.6 Å². The Labute approximate surface area is 89.9 Å². The van der Waals surface area contributed by atoms with Crippen LogP contribution in [0.2, 0.25) is 0 Å². The van der Waals surface area contributed by atoms with Crippen LogP contribution in [-0.4, -0.2) is 21.8 Å². The first-order chi connectivity index (χ1) is 7.12. The Bertz CT molecular complexity index is 489. The predicted octanol–water partition coefficient (Wildman–Crippen LogP) is 1.53. The first kappa shape index (κ1) is 9.09. The van der Waals surface area contributed by atoms with Gasteiger partial charge in [-0.2, -0.15) is 0 Å². The van der Waals surface area contributed by atoms with E-state index < -0.39 is 16.4 Å². The summed E-state index contributed by atoms with van der Waals surface area (Å²) < 4.78 is 16.9. The van der Waals surface area contributed by atoms with E-state index in [9.17, 15) is 9.00 Å². The Morgan fingerprint density at radius 1 is 1.40 bits per heavy atom. The average molecular weight is 222 g/mol. The first-order valence-corrected chi connectivity index (χ1v) is 6.39. The molecule has 1 saturated carbocycles. The van der Waals surface area contributed by atoms with E-state index in [4.69, 9.17) is 4.74 Å². The van der Waals surface area contributed by atoms with E-state index in [0.717, 1.165) is 12.8 Å². The number of Topliss-reactive ketones (excluding diaryl/α,β-unsaturated/α-hetero) is 1. The van der Waals surface area contributed by atoms with Crippen molar-refractivity contribution in [3.8, 4) is 5.75 Å². The van der Waals surface area contributed by atoms with Crippen molar-refractivity contribution in [2.24, 2.45) is 0 Å². The van der Waals surface area contributed by atoms with Crippen molar-refractivity contribution in [2.45, 2.75) is 23.3 Å². The fourth-order valence-corrected chi connectivity index (χ4v) is 2.44. The Morgan fingerprint density at radius 2 is 2.13 bits per heavy atom. The molecular weight excluding hydrogens is 212 g/mol. The molecule has 1 fully saturated rings. The van der Waals surface area contributed by atoms with Gasteiger partial charge in [-0.25, -0.2) is 0 Å². The quantitative estimate of drug-likeness (QED) is 0.723. The molecule has 1 unspecified atom stereocenters. The molecule has 4 heteroatoms. The molecule has 0 radical (unpaired) electrons. The topological polar surface area (TPSA) is 43.4 Å². The molecule has 1 aliphatic carbocycles. The van der Waals surface area contributed by atoms with E-state index in [0.29, 0.717) is 16.2 Å². The van der Waals surface area contributed by atoms with Crippen LogP contribution >= 0.6 is 0 Å². The maximum atomic E-state index is 11.9. The minimum atomic E-state index is -1.05. The van der Waals surface area contributed by atoms with Crippen LogP contribution in [0.15, 0.2) is 23.1 Å². The van der Waals surface area contributed by atoms with Gasteiger partial charge in [0.1, 0.15) is 5.75 Å². The number of benzene rings is 1. The first-order valence-electron chi connectivity index (χ1n) is 4.84. The molecule has 3 rings (SSSR count). The highest BCUT2D eigenvalue weighted by atomic mass is 32.2. The Morgan fingerprint density at radius 3 is 2.73 bits per heavy atom. The van der Waals surface area contributed by atoms with Gasteiger partial charge in [0.05, 0.1) is 5.56 Å². The van der Waals surface area contributed by atoms with Crippen LogP contribution in [0.25, 0.3) is 0 Å². The van der Waals surface area contributed by atoms with Gasteiger partial charge in [0.15, 0.2) is 5.60 Å². The molecule has 1 heterocycles. The highest BCUT2D eigenvalue weighted by Gasteiger charge is 2.57. The van der Waals surface area contributed by atoms with Gasteiger partial charge in [-0.1, -0.05) is 0 Å². The number of carbonyl (C=O) groups is 1. The zero-order valence-electron chi connectivity index (χ0n) is 8.28. The van der Waals surface area contributed by atoms with Gasteiger partial charge in [0.25, 0.3) is 0 Å². The summed E-state index contributed by atoms with van der Waals surface area (Å²) >= 11 is 0. The maximum absolute atomic E-state index is 11.9. The summed E-state index contributed by atoms with van der Waals surface area (Å²) in [4.78, 5) is 12.6. The third kappa shape index (κ3) is 1.17. The molecule has 2 aliphatic rings. The van der Waals surface area contributed by atoms with Crippen molar-refractivity contribution in [3.63, 3.8) is 0 Å². The molecule has 0 bridgehead atoms. The fraction of sp³-hybridized carbons (Fsp3) is 0.364. The zero-order valence-corrected chi connectivity index (χ0v) is 9.10. The number of fused-ring (bicyclic) bond motifs is 1. The Hall–Kier alpha value is -1.16. The van der Waals surface area contributed by atoms with E-state index in [1.807, 2.05) is 0 Å². The van der Waals surface area contributed by atoms with Crippen molar-refractivity contribution in [2.75, 3.05) is 6.26 Å². The maximum Gasteiger partial charge on any atom is 0.210 e. The molecule has 1 aliphatic heterocycles. The van der Waals surface area contributed by atoms with Crippen LogP contribution in [0.4, 0.5) is 0 Å². The lowest BCUT2D eigenvalue weighted by Gasteiger charge is -2.03. The van der Waals surface area contributed by atoms with Gasteiger partial charge in [0.2, 0.25) is 5.78 Å². The smallest absolute Gasteiger partial charge is 0.210 e.